The van der Waals surface area contributed by atoms with Crippen molar-refractivity contribution in [2.75, 3.05) is 35.0 Å². The summed E-state index contributed by atoms with van der Waals surface area (Å²) in [6, 6.07) is 11.4. The van der Waals surface area contributed by atoms with E-state index >= 15 is 0 Å². The normalized spacial score (nSPS) is 18.9. The van der Waals surface area contributed by atoms with E-state index in [0.717, 1.165) is 17.0 Å². The van der Waals surface area contributed by atoms with Crippen LogP contribution in [0.3, 0.4) is 0 Å². The second kappa shape index (κ2) is 11.6. The van der Waals surface area contributed by atoms with Gasteiger partial charge in [-0.3, -0.25) is 4.79 Å². The summed E-state index contributed by atoms with van der Waals surface area (Å²) in [7, 11) is 6.24. The molecular formula is C30H35NO7. The molecule has 0 amide bonds. The zero-order valence-electron chi connectivity index (χ0n) is 22.8. The van der Waals surface area contributed by atoms with Gasteiger partial charge in [-0.25, -0.2) is 4.79 Å². The monoisotopic (exact) mass is 521 g/mol. The highest BCUT2D eigenvalue weighted by Crippen LogP contribution is 2.49. The number of hydrogen-bond donors (Lipinski definition) is 1. The number of hydrogen-bond acceptors (Lipinski definition) is 8. The van der Waals surface area contributed by atoms with Crippen molar-refractivity contribution in [3.63, 3.8) is 0 Å². The fourth-order valence-corrected chi connectivity index (χ4v) is 5.30. The van der Waals surface area contributed by atoms with Gasteiger partial charge in [0, 0.05) is 29.3 Å². The molecule has 202 valence electrons. The Hall–Kier alpha value is -3.94. The first kappa shape index (κ1) is 27.1. The van der Waals surface area contributed by atoms with Crippen LogP contribution in [0.4, 0.5) is 0 Å². The molecule has 2 atom stereocenters. The SMILES string of the molecule is CCCOC(=O)C1=C(C)NC2=C(C(=O)C[C@@H](c3ccc(OC)cc3)C2)[C@H]1c1cc(OC)c(OC)c(OC)c1. The fraction of sp³-hybridized carbons (Fsp3) is 0.400. The molecule has 0 unspecified atom stereocenters. The average Bonchev–Trinajstić information content (AvgIpc) is 2.94. The van der Waals surface area contributed by atoms with E-state index < -0.39 is 11.9 Å². The van der Waals surface area contributed by atoms with Gasteiger partial charge in [0.1, 0.15) is 5.75 Å². The van der Waals surface area contributed by atoms with Gasteiger partial charge in [-0.1, -0.05) is 19.1 Å². The van der Waals surface area contributed by atoms with Gasteiger partial charge in [-0.15, -0.1) is 0 Å². The van der Waals surface area contributed by atoms with Gasteiger partial charge in [0.15, 0.2) is 17.3 Å². The van der Waals surface area contributed by atoms with Gasteiger partial charge in [-0.05, 0) is 61.1 Å². The summed E-state index contributed by atoms with van der Waals surface area (Å²) in [6.07, 6.45) is 1.64. The molecular weight excluding hydrogens is 486 g/mol. The second-order valence-electron chi connectivity index (χ2n) is 9.39. The van der Waals surface area contributed by atoms with Gasteiger partial charge in [0.2, 0.25) is 5.75 Å². The molecule has 2 aromatic carbocycles. The number of benzene rings is 2. The van der Waals surface area contributed by atoms with Crippen molar-refractivity contribution in [2.45, 2.75) is 44.9 Å². The van der Waals surface area contributed by atoms with E-state index in [-0.39, 0.29) is 18.3 Å². The molecule has 1 aliphatic carbocycles. The number of Topliss-reactive ketones (excluding diaryl/α,β-unsaturated/α-hetero) is 1. The maximum Gasteiger partial charge on any atom is 0.336 e. The zero-order valence-corrected chi connectivity index (χ0v) is 22.8. The van der Waals surface area contributed by atoms with E-state index in [1.807, 2.05) is 38.1 Å². The number of methoxy groups -OCH3 is 4. The van der Waals surface area contributed by atoms with Crippen molar-refractivity contribution in [3.05, 3.63) is 70.1 Å². The zero-order chi connectivity index (χ0) is 27.4. The smallest absolute Gasteiger partial charge is 0.336 e. The number of carbonyl (C=O) groups excluding carboxylic acids is 2. The molecule has 0 saturated carbocycles. The van der Waals surface area contributed by atoms with Crippen molar-refractivity contribution < 1.29 is 33.3 Å². The maximum atomic E-state index is 13.9. The van der Waals surface area contributed by atoms with Crippen LogP contribution in [0.2, 0.25) is 0 Å². The molecule has 0 radical (unpaired) electrons. The highest BCUT2D eigenvalue weighted by Gasteiger charge is 2.42. The number of allylic oxidation sites excluding steroid dienone is 3. The molecule has 4 rings (SSSR count). The van der Waals surface area contributed by atoms with Crippen LogP contribution in [-0.4, -0.2) is 46.8 Å². The fourth-order valence-electron chi connectivity index (χ4n) is 5.30. The van der Waals surface area contributed by atoms with Crippen LogP contribution < -0.4 is 24.3 Å². The lowest BCUT2D eigenvalue weighted by Crippen LogP contribution is -2.36. The first-order valence-corrected chi connectivity index (χ1v) is 12.7. The third kappa shape index (κ3) is 5.08. The minimum atomic E-state index is -0.645. The predicted molar refractivity (Wildman–Crippen MR) is 143 cm³/mol. The Morgan fingerprint density at radius 2 is 1.58 bits per heavy atom. The van der Waals surface area contributed by atoms with E-state index in [4.69, 9.17) is 23.7 Å². The van der Waals surface area contributed by atoms with E-state index in [9.17, 15) is 9.59 Å². The average molecular weight is 522 g/mol. The molecule has 1 heterocycles. The van der Waals surface area contributed by atoms with Crippen LogP contribution in [0.1, 0.15) is 56.1 Å². The molecule has 0 saturated heterocycles. The third-order valence-corrected chi connectivity index (χ3v) is 7.09. The minimum Gasteiger partial charge on any atom is -0.497 e. The number of nitrogens with one attached hydrogen (secondary N) is 1. The molecule has 0 bridgehead atoms. The van der Waals surface area contributed by atoms with Crippen LogP contribution in [0, 0.1) is 0 Å². The van der Waals surface area contributed by atoms with E-state index in [1.54, 1.807) is 19.2 Å². The molecule has 8 nitrogen and oxygen atoms in total. The summed E-state index contributed by atoms with van der Waals surface area (Å²) in [4.78, 5) is 27.2. The van der Waals surface area contributed by atoms with Crippen molar-refractivity contribution in [1.82, 2.24) is 5.32 Å². The quantitative estimate of drug-likeness (QED) is 0.459. The maximum absolute atomic E-state index is 13.9. The van der Waals surface area contributed by atoms with Crippen LogP contribution in [0.25, 0.3) is 0 Å². The van der Waals surface area contributed by atoms with Gasteiger partial charge >= 0.3 is 5.97 Å². The van der Waals surface area contributed by atoms with Gasteiger partial charge < -0.3 is 29.0 Å². The van der Waals surface area contributed by atoms with E-state index in [0.29, 0.717) is 58.9 Å². The summed E-state index contributed by atoms with van der Waals surface area (Å²) in [5.41, 5.74) is 4.19. The summed E-state index contributed by atoms with van der Waals surface area (Å²) in [5.74, 6) is 0.978. The van der Waals surface area contributed by atoms with E-state index in [1.165, 1.54) is 21.3 Å². The number of carbonyl (C=O) groups is 2. The molecule has 1 N–H and O–H groups in total. The van der Waals surface area contributed by atoms with Gasteiger partial charge in [0.25, 0.3) is 0 Å². The number of dihydropyridines is 1. The summed E-state index contributed by atoms with van der Waals surface area (Å²) in [5, 5.41) is 3.38. The largest absolute Gasteiger partial charge is 0.497 e. The van der Waals surface area contributed by atoms with Crippen molar-refractivity contribution in [3.8, 4) is 23.0 Å². The summed E-state index contributed by atoms with van der Waals surface area (Å²) in [6.45, 7) is 4.07. The topological polar surface area (TPSA) is 92.3 Å². The van der Waals surface area contributed by atoms with Crippen molar-refractivity contribution in [2.24, 2.45) is 0 Å². The Balaban J connectivity index is 1.84. The Bertz CT molecular complexity index is 1250. The summed E-state index contributed by atoms with van der Waals surface area (Å²) >= 11 is 0. The van der Waals surface area contributed by atoms with Crippen LogP contribution in [0.15, 0.2) is 58.9 Å². The standard InChI is InChI=1S/C30H35NO7/c1-7-12-38-30(33)26-17(2)31-22-13-19(18-8-10-21(34-3)11-9-18)14-23(32)28(22)27(26)20-15-24(35-4)29(37-6)25(16-20)36-5/h8-11,15-16,19,27,31H,7,12-14H2,1-6H3/t19-,27-/m0/s1. The van der Waals surface area contributed by atoms with Crippen LogP contribution in [-0.2, 0) is 14.3 Å². The minimum absolute atomic E-state index is 0.00152. The molecule has 0 aromatic heterocycles. The first-order chi connectivity index (χ1) is 18.4. The second-order valence-corrected chi connectivity index (χ2v) is 9.39. The number of rotatable bonds is 9. The Morgan fingerprint density at radius 1 is 0.921 bits per heavy atom. The number of ether oxygens (including phenoxy) is 5. The Morgan fingerprint density at radius 3 is 2.13 bits per heavy atom. The number of esters is 1. The lowest BCUT2D eigenvalue weighted by molar-refractivity contribution is -0.139. The van der Waals surface area contributed by atoms with Crippen LogP contribution >= 0.6 is 0 Å². The lowest BCUT2D eigenvalue weighted by atomic mass is 9.71. The molecule has 8 heteroatoms. The third-order valence-electron chi connectivity index (χ3n) is 7.09. The predicted octanol–water partition coefficient (Wildman–Crippen LogP) is 5.04. The highest BCUT2D eigenvalue weighted by molar-refractivity contribution is 6.04. The Labute approximate surface area is 223 Å². The first-order valence-electron chi connectivity index (χ1n) is 12.7. The highest BCUT2D eigenvalue weighted by atomic mass is 16.5. The van der Waals surface area contributed by atoms with Crippen molar-refractivity contribution >= 4 is 11.8 Å². The molecule has 2 aliphatic rings. The molecule has 0 spiro atoms. The molecule has 1 aliphatic heterocycles. The van der Waals surface area contributed by atoms with Crippen molar-refractivity contribution in [1.29, 1.82) is 0 Å². The lowest BCUT2D eigenvalue weighted by Gasteiger charge is -2.37. The number of ketones is 1. The molecule has 38 heavy (non-hydrogen) atoms. The van der Waals surface area contributed by atoms with E-state index in [2.05, 4.69) is 5.32 Å². The molecule has 2 aromatic rings. The van der Waals surface area contributed by atoms with Gasteiger partial charge in [0.05, 0.1) is 40.6 Å². The van der Waals surface area contributed by atoms with Gasteiger partial charge in [-0.2, -0.15) is 0 Å². The Kier molecular flexibility index (Phi) is 8.29. The molecule has 0 fully saturated rings. The summed E-state index contributed by atoms with van der Waals surface area (Å²) < 4.78 is 27.5. The van der Waals surface area contributed by atoms with Crippen LogP contribution in [0.5, 0.6) is 23.0 Å².